The van der Waals surface area contributed by atoms with E-state index in [2.05, 4.69) is 50.7 Å². The van der Waals surface area contributed by atoms with Crippen molar-refractivity contribution in [2.24, 2.45) is 0 Å². The number of benzene rings is 1. The summed E-state index contributed by atoms with van der Waals surface area (Å²) in [6.07, 6.45) is 4.56. The summed E-state index contributed by atoms with van der Waals surface area (Å²) in [6, 6.07) is 6.39. The zero-order chi connectivity index (χ0) is 14.7. The summed E-state index contributed by atoms with van der Waals surface area (Å²) >= 11 is 5.95. The molecule has 1 aliphatic carbocycles. The standard InChI is InChI=1S/C15H18ClN5/c1-2-8-17-14-19-13(16)20-15(21-14)18-12-7-6-10-4-3-5-11(10)9-12/h6-7,9H,2-5,8H2,1H3,(H2,17,18,19,20,21). The van der Waals surface area contributed by atoms with E-state index in [1.54, 1.807) is 0 Å². The number of rotatable bonds is 5. The molecule has 0 radical (unpaired) electrons. The molecule has 21 heavy (non-hydrogen) atoms. The van der Waals surface area contributed by atoms with Gasteiger partial charge in [0.05, 0.1) is 0 Å². The van der Waals surface area contributed by atoms with Crippen molar-refractivity contribution < 1.29 is 0 Å². The average Bonchev–Trinajstić information content (AvgIpc) is 2.92. The van der Waals surface area contributed by atoms with Crippen molar-refractivity contribution in [2.75, 3.05) is 17.2 Å². The minimum atomic E-state index is 0.187. The molecule has 0 spiro atoms. The van der Waals surface area contributed by atoms with Gasteiger partial charge >= 0.3 is 0 Å². The fraction of sp³-hybridized carbons (Fsp3) is 0.400. The van der Waals surface area contributed by atoms with Crippen LogP contribution in [-0.4, -0.2) is 21.5 Å². The second-order valence-corrected chi connectivity index (χ2v) is 5.48. The molecule has 0 amide bonds. The predicted octanol–water partition coefficient (Wildman–Crippen LogP) is 3.58. The Morgan fingerprint density at radius 3 is 2.76 bits per heavy atom. The van der Waals surface area contributed by atoms with E-state index in [4.69, 9.17) is 11.6 Å². The fourth-order valence-corrected chi connectivity index (χ4v) is 2.66. The topological polar surface area (TPSA) is 62.7 Å². The summed E-state index contributed by atoms with van der Waals surface area (Å²) < 4.78 is 0. The van der Waals surface area contributed by atoms with Crippen LogP contribution < -0.4 is 10.6 Å². The molecule has 0 atom stereocenters. The highest BCUT2D eigenvalue weighted by Crippen LogP contribution is 2.26. The van der Waals surface area contributed by atoms with Crippen LogP contribution in [0.3, 0.4) is 0 Å². The van der Waals surface area contributed by atoms with Gasteiger partial charge in [0.2, 0.25) is 17.2 Å². The van der Waals surface area contributed by atoms with E-state index >= 15 is 0 Å². The van der Waals surface area contributed by atoms with Crippen LogP contribution in [0.1, 0.15) is 30.9 Å². The molecule has 0 aliphatic heterocycles. The number of nitrogens with zero attached hydrogens (tertiary/aromatic N) is 3. The van der Waals surface area contributed by atoms with Crippen molar-refractivity contribution in [1.82, 2.24) is 15.0 Å². The Morgan fingerprint density at radius 1 is 1.10 bits per heavy atom. The highest BCUT2D eigenvalue weighted by molar-refractivity contribution is 6.28. The maximum absolute atomic E-state index is 5.95. The normalized spacial score (nSPS) is 13.0. The number of hydrogen-bond acceptors (Lipinski definition) is 5. The molecule has 1 aliphatic rings. The van der Waals surface area contributed by atoms with Crippen molar-refractivity contribution in [3.63, 3.8) is 0 Å². The van der Waals surface area contributed by atoms with E-state index in [9.17, 15) is 0 Å². The van der Waals surface area contributed by atoms with Crippen molar-refractivity contribution in [3.05, 3.63) is 34.6 Å². The Morgan fingerprint density at radius 2 is 1.90 bits per heavy atom. The van der Waals surface area contributed by atoms with Gasteiger partial charge in [-0.1, -0.05) is 13.0 Å². The van der Waals surface area contributed by atoms with E-state index < -0.39 is 0 Å². The van der Waals surface area contributed by atoms with E-state index in [0.717, 1.165) is 25.1 Å². The molecule has 3 rings (SSSR count). The summed E-state index contributed by atoms with van der Waals surface area (Å²) in [4.78, 5) is 12.5. The Hall–Kier alpha value is -1.88. The minimum absolute atomic E-state index is 0.187. The zero-order valence-electron chi connectivity index (χ0n) is 12.0. The molecule has 0 unspecified atom stereocenters. The first kappa shape index (κ1) is 14.1. The smallest absolute Gasteiger partial charge is 0.233 e. The second kappa shape index (κ2) is 6.26. The zero-order valence-corrected chi connectivity index (χ0v) is 12.7. The number of aromatic nitrogens is 3. The largest absolute Gasteiger partial charge is 0.354 e. The predicted molar refractivity (Wildman–Crippen MR) is 85.4 cm³/mol. The molecular weight excluding hydrogens is 286 g/mol. The Bertz CT molecular complexity index is 644. The number of nitrogens with one attached hydrogen (secondary N) is 2. The number of fused-ring (bicyclic) bond motifs is 1. The van der Waals surface area contributed by atoms with Crippen molar-refractivity contribution in [2.45, 2.75) is 32.6 Å². The van der Waals surface area contributed by atoms with Crippen molar-refractivity contribution >= 4 is 29.2 Å². The van der Waals surface area contributed by atoms with Gasteiger partial charge in [-0.05, 0) is 60.5 Å². The first-order chi connectivity index (χ1) is 10.2. The van der Waals surface area contributed by atoms with Gasteiger partial charge in [0, 0.05) is 12.2 Å². The molecule has 1 aromatic heterocycles. The number of aryl methyl sites for hydroxylation is 2. The molecule has 2 N–H and O–H groups in total. The number of halogens is 1. The summed E-state index contributed by atoms with van der Waals surface area (Å²) in [5.41, 5.74) is 3.84. The second-order valence-electron chi connectivity index (χ2n) is 5.14. The molecule has 5 nitrogen and oxygen atoms in total. The van der Waals surface area contributed by atoms with E-state index in [-0.39, 0.29) is 5.28 Å². The Labute approximate surface area is 129 Å². The summed E-state index contributed by atoms with van der Waals surface area (Å²) in [6.45, 7) is 2.89. The van der Waals surface area contributed by atoms with Crippen LogP contribution in [0.15, 0.2) is 18.2 Å². The lowest BCUT2D eigenvalue weighted by molar-refractivity contribution is 0.912. The van der Waals surface area contributed by atoms with Gasteiger partial charge < -0.3 is 10.6 Å². The Kier molecular flexibility index (Phi) is 4.20. The van der Waals surface area contributed by atoms with Gasteiger partial charge in [-0.15, -0.1) is 0 Å². The van der Waals surface area contributed by atoms with Crippen LogP contribution in [0, 0.1) is 0 Å². The monoisotopic (exact) mass is 303 g/mol. The van der Waals surface area contributed by atoms with E-state index in [0.29, 0.717) is 11.9 Å². The molecule has 1 aromatic carbocycles. The maximum Gasteiger partial charge on any atom is 0.233 e. The molecule has 0 bridgehead atoms. The third kappa shape index (κ3) is 3.42. The van der Waals surface area contributed by atoms with Gasteiger partial charge in [-0.3, -0.25) is 0 Å². The van der Waals surface area contributed by atoms with E-state index in [1.807, 2.05) is 0 Å². The van der Waals surface area contributed by atoms with Crippen LogP contribution in [0.4, 0.5) is 17.6 Å². The molecule has 1 heterocycles. The lowest BCUT2D eigenvalue weighted by Gasteiger charge is -2.09. The van der Waals surface area contributed by atoms with Gasteiger partial charge in [0.25, 0.3) is 0 Å². The molecule has 0 saturated carbocycles. The number of hydrogen-bond donors (Lipinski definition) is 2. The third-order valence-corrected chi connectivity index (χ3v) is 3.66. The van der Waals surface area contributed by atoms with Crippen LogP contribution in [-0.2, 0) is 12.8 Å². The molecule has 110 valence electrons. The quantitative estimate of drug-likeness (QED) is 0.884. The van der Waals surface area contributed by atoms with E-state index in [1.165, 1.54) is 24.0 Å². The first-order valence-corrected chi connectivity index (χ1v) is 7.66. The fourth-order valence-electron chi connectivity index (χ4n) is 2.50. The molecule has 0 fully saturated rings. The number of anilines is 3. The van der Waals surface area contributed by atoms with Gasteiger partial charge in [-0.2, -0.15) is 15.0 Å². The first-order valence-electron chi connectivity index (χ1n) is 7.29. The lowest BCUT2D eigenvalue weighted by Crippen LogP contribution is -2.07. The summed E-state index contributed by atoms with van der Waals surface area (Å²) in [7, 11) is 0. The van der Waals surface area contributed by atoms with Crippen LogP contribution in [0.25, 0.3) is 0 Å². The van der Waals surface area contributed by atoms with Gasteiger partial charge in [-0.25, -0.2) is 0 Å². The van der Waals surface area contributed by atoms with Crippen molar-refractivity contribution in [3.8, 4) is 0 Å². The average molecular weight is 304 g/mol. The maximum atomic E-state index is 5.95. The lowest BCUT2D eigenvalue weighted by atomic mass is 10.1. The van der Waals surface area contributed by atoms with Gasteiger partial charge in [0.15, 0.2) is 0 Å². The highest BCUT2D eigenvalue weighted by Gasteiger charge is 2.11. The highest BCUT2D eigenvalue weighted by atomic mass is 35.5. The minimum Gasteiger partial charge on any atom is -0.354 e. The van der Waals surface area contributed by atoms with Crippen LogP contribution in [0.2, 0.25) is 5.28 Å². The summed E-state index contributed by atoms with van der Waals surface area (Å²) in [5.74, 6) is 0.965. The molecule has 6 heteroatoms. The SMILES string of the molecule is CCCNc1nc(Cl)nc(Nc2ccc3c(c2)CCC3)n1. The third-order valence-electron chi connectivity index (χ3n) is 3.50. The molecular formula is C15H18ClN5. The van der Waals surface area contributed by atoms with Crippen LogP contribution >= 0.6 is 11.6 Å². The molecule has 2 aromatic rings. The molecule has 0 saturated heterocycles. The Balaban J connectivity index is 1.79. The van der Waals surface area contributed by atoms with Crippen molar-refractivity contribution in [1.29, 1.82) is 0 Å². The summed E-state index contributed by atoms with van der Waals surface area (Å²) in [5, 5.41) is 6.51. The van der Waals surface area contributed by atoms with Gasteiger partial charge in [0.1, 0.15) is 0 Å². The van der Waals surface area contributed by atoms with Crippen LogP contribution in [0.5, 0.6) is 0 Å².